The van der Waals surface area contributed by atoms with Crippen LogP contribution in [0.15, 0.2) is 0 Å². The van der Waals surface area contributed by atoms with E-state index in [1.54, 1.807) is 4.90 Å². The molecule has 3 nitrogen and oxygen atoms in total. The Hall–Kier alpha value is -0.780. The highest BCUT2D eigenvalue weighted by Crippen LogP contribution is 2.11. The van der Waals surface area contributed by atoms with E-state index in [2.05, 4.69) is 5.32 Å². The highest BCUT2D eigenvalue weighted by molar-refractivity contribution is 5.78. The van der Waals surface area contributed by atoms with E-state index in [0.29, 0.717) is 13.1 Å². The van der Waals surface area contributed by atoms with Crippen molar-refractivity contribution in [2.45, 2.75) is 32.9 Å². The molecule has 0 aliphatic carbocycles. The molecule has 0 aromatic rings. The van der Waals surface area contributed by atoms with Gasteiger partial charge in [-0.3, -0.25) is 4.79 Å². The van der Waals surface area contributed by atoms with Gasteiger partial charge in [0.15, 0.2) is 0 Å². The largest absolute Gasteiger partial charge is 0.401 e. The molecule has 0 bridgehead atoms. The van der Waals surface area contributed by atoms with E-state index in [-0.39, 0.29) is 12.5 Å². The molecule has 0 unspecified atom stereocenters. The van der Waals surface area contributed by atoms with E-state index in [1.807, 2.05) is 13.8 Å². The molecule has 0 fully saturated rings. The van der Waals surface area contributed by atoms with Gasteiger partial charge in [0.05, 0.1) is 13.1 Å². The van der Waals surface area contributed by atoms with Crippen LogP contribution in [0.5, 0.6) is 0 Å². The molecule has 0 aliphatic rings. The van der Waals surface area contributed by atoms with Crippen LogP contribution in [0.2, 0.25) is 0 Å². The van der Waals surface area contributed by atoms with Crippen LogP contribution < -0.4 is 5.32 Å². The molecule has 0 aromatic heterocycles. The molecule has 0 atom stereocenters. The number of hydrogen-bond donors (Lipinski definition) is 1. The second-order valence-electron chi connectivity index (χ2n) is 3.60. The average molecular weight is 240 g/mol. The maximum Gasteiger partial charge on any atom is 0.401 e. The third-order valence-corrected chi connectivity index (χ3v) is 1.94. The summed E-state index contributed by atoms with van der Waals surface area (Å²) in [6, 6.07) is 0. The molecule has 0 heterocycles. The molecule has 96 valence electrons. The fourth-order valence-electron chi connectivity index (χ4n) is 1.32. The van der Waals surface area contributed by atoms with Crippen molar-refractivity contribution in [3.8, 4) is 0 Å². The maximum atomic E-state index is 11.8. The lowest BCUT2D eigenvalue weighted by Crippen LogP contribution is -2.41. The Bertz CT molecular complexity index is 201. The average Bonchev–Trinajstić information content (AvgIpc) is 2.15. The fraction of sp³-hybridized carbons (Fsp3) is 0.900. The van der Waals surface area contributed by atoms with Crippen molar-refractivity contribution in [2.24, 2.45) is 0 Å². The molecular formula is C10H19F3N2O. The molecule has 0 saturated carbocycles. The van der Waals surface area contributed by atoms with Crippen molar-refractivity contribution in [1.82, 2.24) is 10.2 Å². The van der Waals surface area contributed by atoms with Gasteiger partial charge in [-0.15, -0.1) is 0 Å². The van der Waals surface area contributed by atoms with Gasteiger partial charge in [-0.2, -0.15) is 13.2 Å². The summed E-state index contributed by atoms with van der Waals surface area (Å²) in [4.78, 5) is 13.1. The predicted octanol–water partition coefficient (Wildman–Crippen LogP) is 1.79. The first-order valence-electron chi connectivity index (χ1n) is 5.46. The van der Waals surface area contributed by atoms with Gasteiger partial charge in [-0.1, -0.05) is 13.8 Å². The number of nitrogens with one attached hydrogen (secondary N) is 1. The van der Waals surface area contributed by atoms with Gasteiger partial charge in [0.1, 0.15) is 0 Å². The molecule has 0 aliphatic heterocycles. The van der Waals surface area contributed by atoms with Gasteiger partial charge in [-0.25, -0.2) is 0 Å². The predicted molar refractivity (Wildman–Crippen MR) is 56.1 cm³/mol. The standard InChI is InChI=1S/C10H19F3N2O/c1-3-5-15(6-4-2)9(16)7-14-8-10(11,12)13/h14H,3-8H2,1-2H3. The third-order valence-electron chi connectivity index (χ3n) is 1.94. The van der Waals surface area contributed by atoms with Gasteiger partial charge in [0, 0.05) is 13.1 Å². The summed E-state index contributed by atoms with van der Waals surface area (Å²) in [5, 5.41) is 2.11. The van der Waals surface area contributed by atoms with Gasteiger partial charge in [0.2, 0.25) is 5.91 Å². The number of halogens is 3. The zero-order valence-electron chi connectivity index (χ0n) is 9.73. The minimum atomic E-state index is -4.26. The minimum Gasteiger partial charge on any atom is -0.342 e. The molecule has 0 aromatic carbocycles. The maximum absolute atomic E-state index is 11.8. The zero-order valence-corrected chi connectivity index (χ0v) is 9.73. The van der Waals surface area contributed by atoms with Crippen LogP contribution in [0.25, 0.3) is 0 Å². The SMILES string of the molecule is CCCN(CCC)C(=O)CNCC(F)(F)F. The van der Waals surface area contributed by atoms with E-state index in [4.69, 9.17) is 0 Å². The lowest BCUT2D eigenvalue weighted by Gasteiger charge is -2.21. The summed E-state index contributed by atoms with van der Waals surface area (Å²) in [7, 11) is 0. The molecule has 1 amide bonds. The van der Waals surface area contributed by atoms with Crippen molar-refractivity contribution in [3.05, 3.63) is 0 Å². The highest BCUT2D eigenvalue weighted by atomic mass is 19.4. The Morgan fingerprint density at radius 1 is 1.19 bits per heavy atom. The first-order chi connectivity index (χ1) is 7.40. The van der Waals surface area contributed by atoms with Crippen molar-refractivity contribution < 1.29 is 18.0 Å². The number of alkyl halides is 3. The van der Waals surface area contributed by atoms with E-state index in [0.717, 1.165) is 12.8 Å². The second-order valence-corrected chi connectivity index (χ2v) is 3.60. The van der Waals surface area contributed by atoms with Crippen LogP contribution >= 0.6 is 0 Å². The van der Waals surface area contributed by atoms with E-state index >= 15 is 0 Å². The van der Waals surface area contributed by atoms with Crippen molar-refractivity contribution in [3.63, 3.8) is 0 Å². The topological polar surface area (TPSA) is 32.3 Å². The Morgan fingerprint density at radius 2 is 1.69 bits per heavy atom. The van der Waals surface area contributed by atoms with Gasteiger partial charge in [0.25, 0.3) is 0 Å². The molecule has 6 heteroatoms. The van der Waals surface area contributed by atoms with Crippen molar-refractivity contribution in [2.75, 3.05) is 26.2 Å². The summed E-state index contributed by atoms with van der Waals surface area (Å²) in [6.07, 6.45) is -2.64. The van der Waals surface area contributed by atoms with E-state index in [1.165, 1.54) is 0 Å². The van der Waals surface area contributed by atoms with Crippen molar-refractivity contribution >= 4 is 5.91 Å². The summed E-state index contributed by atoms with van der Waals surface area (Å²) < 4.78 is 35.4. The normalized spacial score (nSPS) is 11.6. The summed E-state index contributed by atoms with van der Waals surface area (Å²) in [5.41, 5.74) is 0. The Balaban J connectivity index is 3.91. The summed E-state index contributed by atoms with van der Waals surface area (Å²) >= 11 is 0. The molecule has 0 saturated heterocycles. The Kier molecular flexibility index (Phi) is 7.12. The quantitative estimate of drug-likeness (QED) is 0.735. The molecule has 0 spiro atoms. The van der Waals surface area contributed by atoms with Crippen LogP contribution in [-0.4, -0.2) is 43.2 Å². The smallest absolute Gasteiger partial charge is 0.342 e. The third kappa shape index (κ3) is 7.50. The molecular weight excluding hydrogens is 221 g/mol. The zero-order chi connectivity index (χ0) is 12.6. The molecule has 0 radical (unpaired) electrons. The van der Waals surface area contributed by atoms with Gasteiger partial charge in [-0.05, 0) is 12.8 Å². The minimum absolute atomic E-state index is 0.250. The Labute approximate surface area is 94.0 Å². The first kappa shape index (κ1) is 15.2. The second kappa shape index (κ2) is 7.49. The van der Waals surface area contributed by atoms with Crippen LogP contribution in [0.1, 0.15) is 26.7 Å². The lowest BCUT2D eigenvalue weighted by molar-refractivity contribution is -0.134. The number of carbonyl (C=O) groups is 1. The number of nitrogens with zero attached hydrogens (tertiary/aromatic N) is 1. The van der Waals surface area contributed by atoms with Crippen LogP contribution in [0, 0.1) is 0 Å². The lowest BCUT2D eigenvalue weighted by atomic mass is 10.3. The summed E-state index contributed by atoms with van der Waals surface area (Å²) in [6.45, 7) is 3.68. The number of carbonyl (C=O) groups excluding carboxylic acids is 1. The molecule has 0 rings (SSSR count). The first-order valence-corrected chi connectivity index (χ1v) is 5.46. The number of hydrogen-bond acceptors (Lipinski definition) is 2. The highest BCUT2D eigenvalue weighted by Gasteiger charge is 2.26. The van der Waals surface area contributed by atoms with Gasteiger partial charge < -0.3 is 10.2 Å². The molecule has 16 heavy (non-hydrogen) atoms. The van der Waals surface area contributed by atoms with Crippen molar-refractivity contribution in [1.29, 1.82) is 0 Å². The van der Waals surface area contributed by atoms with Crippen LogP contribution in [0.4, 0.5) is 13.2 Å². The van der Waals surface area contributed by atoms with Gasteiger partial charge >= 0.3 is 6.18 Å². The Morgan fingerprint density at radius 3 is 2.06 bits per heavy atom. The van der Waals surface area contributed by atoms with E-state index < -0.39 is 12.7 Å². The monoisotopic (exact) mass is 240 g/mol. The number of rotatable bonds is 7. The summed E-state index contributed by atoms with van der Waals surface area (Å²) in [5.74, 6) is -0.270. The fourth-order valence-corrected chi connectivity index (χ4v) is 1.32. The number of amides is 1. The van der Waals surface area contributed by atoms with Crippen LogP contribution in [0.3, 0.4) is 0 Å². The molecule has 1 N–H and O–H groups in total. The van der Waals surface area contributed by atoms with Crippen LogP contribution in [-0.2, 0) is 4.79 Å². The van der Waals surface area contributed by atoms with E-state index in [9.17, 15) is 18.0 Å².